The van der Waals surface area contributed by atoms with Crippen molar-refractivity contribution in [3.05, 3.63) is 62.5 Å². The van der Waals surface area contributed by atoms with Crippen LogP contribution in [0.2, 0.25) is 0 Å². The molecule has 4 nitrogen and oxygen atoms in total. The van der Waals surface area contributed by atoms with Crippen LogP contribution in [0.15, 0.2) is 35.4 Å². The van der Waals surface area contributed by atoms with Gasteiger partial charge >= 0.3 is 0 Å². The Morgan fingerprint density at radius 3 is 2.62 bits per heavy atom. The summed E-state index contributed by atoms with van der Waals surface area (Å²) in [4.78, 5) is 32.0. The fourth-order valence-corrected chi connectivity index (χ4v) is 4.75. The Kier molecular flexibility index (Phi) is 4.07. The molecule has 0 N–H and O–H groups in total. The minimum Gasteiger partial charge on any atom is -0.292 e. The third-order valence-corrected chi connectivity index (χ3v) is 6.28. The molecule has 0 atom stereocenters. The number of Topliss-reactive ketones (excluding diaryl/α,β-unsaturated/α-hetero) is 1. The van der Waals surface area contributed by atoms with Gasteiger partial charge in [0.25, 0.3) is 5.56 Å². The summed E-state index contributed by atoms with van der Waals surface area (Å²) in [5.41, 5.74) is 2.92. The first kappa shape index (κ1) is 17.2. The van der Waals surface area contributed by atoms with Gasteiger partial charge in [-0.3, -0.25) is 14.2 Å². The maximum atomic E-state index is 12.9. The Bertz CT molecular complexity index is 1050. The molecule has 0 amide bonds. The third-order valence-electron chi connectivity index (χ3n) is 5.08. The van der Waals surface area contributed by atoms with Crippen LogP contribution in [0.1, 0.15) is 53.6 Å². The van der Waals surface area contributed by atoms with E-state index in [1.165, 1.54) is 21.3 Å². The Balaban J connectivity index is 1.64. The summed E-state index contributed by atoms with van der Waals surface area (Å²) in [5, 5.41) is 0.723. The van der Waals surface area contributed by atoms with E-state index in [9.17, 15) is 9.59 Å². The highest BCUT2D eigenvalue weighted by molar-refractivity contribution is 7.18. The summed E-state index contributed by atoms with van der Waals surface area (Å²) >= 11 is 1.62. The van der Waals surface area contributed by atoms with Crippen molar-refractivity contribution >= 4 is 27.3 Å². The topological polar surface area (TPSA) is 52.0 Å². The number of carbonyl (C=O) groups is 1. The summed E-state index contributed by atoms with van der Waals surface area (Å²) in [5.74, 6) is -0.0689. The first-order valence-electron chi connectivity index (χ1n) is 8.98. The maximum Gasteiger partial charge on any atom is 0.262 e. The Morgan fingerprint density at radius 2 is 1.92 bits per heavy atom. The first-order valence-corrected chi connectivity index (χ1v) is 9.79. The lowest BCUT2D eigenvalue weighted by Crippen LogP contribution is -2.24. The number of aromatic nitrogens is 2. The number of nitrogens with zero attached hydrogens (tertiary/aromatic N) is 2. The molecule has 2 heterocycles. The van der Waals surface area contributed by atoms with Crippen molar-refractivity contribution in [3.8, 4) is 0 Å². The molecular formula is C21H22N2O2S. The van der Waals surface area contributed by atoms with Crippen LogP contribution in [-0.4, -0.2) is 15.3 Å². The van der Waals surface area contributed by atoms with Crippen LogP contribution in [0.25, 0.3) is 10.2 Å². The number of ketones is 1. The summed E-state index contributed by atoms with van der Waals surface area (Å²) in [6, 6.07) is 7.68. The first-order chi connectivity index (χ1) is 12.3. The molecule has 4 rings (SSSR count). The number of rotatable bonds is 3. The molecule has 5 heteroatoms. The van der Waals surface area contributed by atoms with Gasteiger partial charge in [0, 0.05) is 10.4 Å². The lowest BCUT2D eigenvalue weighted by atomic mass is 9.86. The van der Waals surface area contributed by atoms with E-state index in [0.29, 0.717) is 5.56 Å². The van der Waals surface area contributed by atoms with E-state index in [1.54, 1.807) is 11.3 Å². The Morgan fingerprint density at radius 1 is 1.19 bits per heavy atom. The zero-order valence-electron chi connectivity index (χ0n) is 15.3. The van der Waals surface area contributed by atoms with Gasteiger partial charge in [-0.2, -0.15) is 0 Å². The molecule has 0 aliphatic heterocycles. The van der Waals surface area contributed by atoms with Crippen molar-refractivity contribution in [2.24, 2.45) is 0 Å². The normalized spacial score (nSPS) is 14.0. The number of hydrogen-bond acceptors (Lipinski definition) is 4. The van der Waals surface area contributed by atoms with Gasteiger partial charge in [0.15, 0.2) is 5.78 Å². The van der Waals surface area contributed by atoms with Gasteiger partial charge in [0.1, 0.15) is 4.83 Å². The second-order valence-corrected chi connectivity index (χ2v) is 9.05. The second kappa shape index (κ2) is 6.16. The molecule has 1 aliphatic carbocycles. The maximum absolute atomic E-state index is 12.9. The van der Waals surface area contributed by atoms with E-state index >= 15 is 0 Å². The minimum atomic E-state index is -0.0888. The number of benzene rings is 1. The third kappa shape index (κ3) is 2.90. The van der Waals surface area contributed by atoms with Crippen LogP contribution < -0.4 is 5.56 Å². The quantitative estimate of drug-likeness (QED) is 0.655. The molecule has 1 aliphatic rings. The Labute approximate surface area is 156 Å². The van der Waals surface area contributed by atoms with Gasteiger partial charge in [-0.25, -0.2) is 4.98 Å². The van der Waals surface area contributed by atoms with E-state index in [4.69, 9.17) is 0 Å². The zero-order chi connectivity index (χ0) is 18.5. The molecule has 0 spiro atoms. The molecule has 0 radical (unpaired) electrons. The Hall–Kier alpha value is -2.27. The lowest BCUT2D eigenvalue weighted by Gasteiger charge is -2.19. The van der Waals surface area contributed by atoms with Gasteiger partial charge in [-0.1, -0.05) is 45.0 Å². The number of carbonyl (C=O) groups excluding carboxylic acids is 1. The fourth-order valence-electron chi connectivity index (χ4n) is 3.53. The molecule has 0 saturated carbocycles. The molecule has 0 unspecified atom stereocenters. The van der Waals surface area contributed by atoms with E-state index in [-0.39, 0.29) is 23.3 Å². The highest BCUT2D eigenvalue weighted by Gasteiger charge is 2.22. The smallest absolute Gasteiger partial charge is 0.262 e. The number of aryl methyl sites for hydroxylation is 2. The van der Waals surface area contributed by atoms with Gasteiger partial charge in [-0.05, 0) is 35.8 Å². The molecule has 0 fully saturated rings. The highest BCUT2D eigenvalue weighted by Crippen LogP contribution is 2.34. The lowest BCUT2D eigenvalue weighted by molar-refractivity contribution is 0.0970. The van der Waals surface area contributed by atoms with Crippen LogP contribution in [0.4, 0.5) is 0 Å². The van der Waals surface area contributed by atoms with E-state index in [0.717, 1.165) is 35.0 Å². The van der Waals surface area contributed by atoms with E-state index in [2.05, 4.69) is 25.8 Å². The van der Waals surface area contributed by atoms with Crippen LogP contribution in [0.3, 0.4) is 0 Å². The van der Waals surface area contributed by atoms with Crippen molar-refractivity contribution in [2.45, 2.75) is 52.0 Å². The summed E-state index contributed by atoms with van der Waals surface area (Å²) in [6.45, 7) is 6.46. The fraction of sp³-hybridized carbons (Fsp3) is 0.381. The SMILES string of the molecule is CC(C)(C)c1ccc(C(=O)Cn2cnc3sc4c(c3c2=O)CCC4)cc1. The van der Waals surface area contributed by atoms with E-state index < -0.39 is 0 Å². The molecule has 3 aromatic rings. The summed E-state index contributed by atoms with van der Waals surface area (Å²) in [6.07, 6.45) is 4.59. The second-order valence-electron chi connectivity index (χ2n) is 7.97. The van der Waals surface area contributed by atoms with Gasteiger partial charge < -0.3 is 0 Å². The predicted molar refractivity (Wildman–Crippen MR) is 105 cm³/mol. The van der Waals surface area contributed by atoms with Crippen molar-refractivity contribution in [1.29, 1.82) is 0 Å². The van der Waals surface area contributed by atoms with Crippen molar-refractivity contribution in [1.82, 2.24) is 9.55 Å². The molecule has 0 bridgehead atoms. The minimum absolute atomic E-state index is 0.0290. The van der Waals surface area contributed by atoms with E-state index in [1.807, 2.05) is 24.3 Å². The van der Waals surface area contributed by atoms with Gasteiger partial charge in [-0.15, -0.1) is 11.3 Å². The largest absolute Gasteiger partial charge is 0.292 e. The molecular weight excluding hydrogens is 344 g/mol. The average Bonchev–Trinajstić information content (AvgIpc) is 3.17. The van der Waals surface area contributed by atoms with Crippen LogP contribution in [0, 0.1) is 0 Å². The standard InChI is InChI=1S/C21H22N2O2S/c1-21(2,3)14-9-7-13(8-10-14)16(24)11-23-12-22-19-18(20(23)25)15-5-4-6-17(15)26-19/h7-10,12H,4-6,11H2,1-3H3. The summed E-state index contributed by atoms with van der Waals surface area (Å²) in [7, 11) is 0. The molecule has 2 aromatic heterocycles. The molecule has 134 valence electrons. The molecule has 1 aromatic carbocycles. The van der Waals surface area contributed by atoms with Crippen molar-refractivity contribution in [2.75, 3.05) is 0 Å². The van der Waals surface area contributed by atoms with Gasteiger partial charge in [0.2, 0.25) is 0 Å². The monoisotopic (exact) mass is 366 g/mol. The van der Waals surface area contributed by atoms with Crippen molar-refractivity contribution in [3.63, 3.8) is 0 Å². The van der Waals surface area contributed by atoms with Crippen LogP contribution >= 0.6 is 11.3 Å². The van der Waals surface area contributed by atoms with Crippen molar-refractivity contribution < 1.29 is 4.79 Å². The highest BCUT2D eigenvalue weighted by atomic mass is 32.1. The van der Waals surface area contributed by atoms with Gasteiger partial charge in [0.05, 0.1) is 18.3 Å². The molecule has 26 heavy (non-hydrogen) atoms. The summed E-state index contributed by atoms with van der Waals surface area (Å²) < 4.78 is 1.45. The number of thiophene rings is 1. The number of fused-ring (bicyclic) bond motifs is 3. The average molecular weight is 366 g/mol. The van der Waals surface area contributed by atoms with Crippen LogP contribution in [0.5, 0.6) is 0 Å². The van der Waals surface area contributed by atoms with Crippen LogP contribution in [-0.2, 0) is 24.8 Å². The number of hydrogen-bond donors (Lipinski definition) is 0. The zero-order valence-corrected chi connectivity index (χ0v) is 16.2. The predicted octanol–water partition coefficient (Wildman–Crippen LogP) is 4.13. The molecule has 0 saturated heterocycles.